The molecule has 2 aromatic rings. The fourth-order valence-electron chi connectivity index (χ4n) is 2.71. The van der Waals surface area contributed by atoms with Gasteiger partial charge in [-0.2, -0.15) is 0 Å². The van der Waals surface area contributed by atoms with Gasteiger partial charge in [0.1, 0.15) is 6.33 Å². The molecule has 7 heteroatoms. The van der Waals surface area contributed by atoms with E-state index in [0.717, 1.165) is 24.5 Å². The van der Waals surface area contributed by atoms with E-state index in [-0.39, 0.29) is 12.0 Å². The molecule has 1 fully saturated rings. The number of ether oxygens (including phenoxy) is 1. The minimum absolute atomic E-state index is 0.114. The van der Waals surface area contributed by atoms with Crippen molar-refractivity contribution >= 4 is 17.7 Å². The van der Waals surface area contributed by atoms with Crippen LogP contribution in [-0.4, -0.2) is 50.5 Å². The van der Waals surface area contributed by atoms with Crippen LogP contribution in [0, 0.1) is 0 Å². The van der Waals surface area contributed by atoms with Crippen molar-refractivity contribution in [3.8, 4) is 0 Å². The van der Waals surface area contributed by atoms with Crippen LogP contribution in [-0.2, 0) is 23.2 Å². The normalized spacial score (nSPS) is 17.9. The highest BCUT2D eigenvalue weighted by atomic mass is 32.2. The van der Waals surface area contributed by atoms with Gasteiger partial charge in [0.25, 0.3) is 0 Å². The summed E-state index contributed by atoms with van der Waals surface area (Å²) in [5.41, 5.74) is 1.17. The number of carbonyl (C=O) groups excluding carboxylic acids is 1. The number of hydrogen-bond acceptors (Lipinski definition) is 5. The lowest BCUT2D eigenvalue weighted by Crippen LogP contribution is -2.44. The zero-order valence-corrected chi connectivity index (χ0v) is 14.6. The minimum Gasteiger partial charge on any atom is -0.372 e. The summed E-state index contributed by atoms with van der Waals surface area (Å²) in [6.07, 6.45) is 3.75. The fraction of sp³-hybridized carbons (Fsp3) is 0.471. The van der Waals surface area contributed by atoms with Gasteiger partial charge in [-0.3, -0.25) is 4.79 Å². The highest BCUT2D eigenvalue weighted by Crippen LogP contribution is 2.18. The molecular weight excluding hydrogens is 324 g/mol. The Balaban J connectivity index is 1.46. The van der Waals surface area contributed by atoms with Gasteiger partial charge in [-0.1, -0.05) is 42.1 Å². The van der Waals surface area contributed by atoms with Crippen molar-refractivity contribution in [2.45, 2.75) is 30.7 Å². The first-order valence-corrected chi connectivity index (χ1v) is 9.11. The number of amides is 1. The van der Waals surface area contributed by atoms with E-state index in [1.54, 1.807) is 6.33 Å². The molecular formula is C17H22N4O2S. The molecule has 1 aliphatic heterocycles. The SMILES string of the molecule is Cn1cnnc1SCC(=O)N1CCCC(OCc2ccccc2)C1. The first-order chi connectivity index (χ1) is 11.7. The largest absolute Gasteiger partial charge is 0.372 e. The van der Waals surface area contributed by atoms with Gasteiger partial charge in [0, 0.05) is 20.1 Å². The minimum atomic E-state index is 0.114. The number of carbonyl (C=O) groups is 1. The number of nitrogens with zero attached hydrogens (tertiary/aromatic N) is 4. The van der Waals surface area contributed by atoms with Crippen LogP contribution in [0.15, 0.2) is 41.8 Å². The number of piperidine rings is 1. The van der Waals surface area contributed by atoms with Gasteiger partial charge < -0.3 is 14.2 Å². The van der Waals surface area contributed by atoms with Crippen molar-refractivity contribution in [1.82, 2.24) is 19.7 Å². The van der Waals surface area contributed by atoms with Crippen molar-refractivity contribution in [2.75, 3.05) is 18.8 Å². The number of hydrogen-bond donors (Lipinski definition) is 0. The number of aromatic nitrogens is 3. The second-order valence-corrected chi connectivity index (χ2v) is 6.86. The molecule has 1 aromatic heterocycles. The topological polar surface area (TPSA) is 60.2 Å². The van der Waals surface area contributed by atoms with Crippen LogP contribution < -0.4 is 0 Å². The summed E-state index contributed by atoms with van der Waals surface area (Å²) in [6, 6.07) is 10.1. The summed E-state index contributed by atoms with van der Waals surface area (Å²) in [4.78, 5) is 14.3. The van der Waals surface area contributed by atoms with Crippen LogP contribution in [0.2, 0.25) is 0 Å². The summed E-state index contributed by atoms with van der Waals surface area (Å²) < 4.78 is 7.81. The third-order valence-corrected chi connectivity index (χ3v) is 5.07. The second kappa shape index (κ2) is 8.30. The smallest absolute Gasteiger partial charge is 0.233 e. The molecule has 0 saturated carbocycles. The molecule has 6 nitrogen and oxygen atoms in total. The van der Waals surface area contributed by atoms with E-state index in [1.165, 1.54) is 17.3 Å². The summed E-state index contributed by atoms with van der Waals surface area (Å²) in [5, 5.41) is 8.58. The van der Waals surface area contributed by atoms with E-state index in [4.69, 9.17) is 4.74 Å². The van der Waals surface area contributed by atoms with Crippen molar-refractivity contribution < 1.29 is 9.53 Å². The van der Waals surface area contributed by atoms with E-state index >= 15 is 0 Å². The highest BCUT2D eigenvalue weighted by Gasteiger charge is 2.24. The van der Waals surface area contributed by atoms with E-state index in [1.807, 2.05) is 34.7 Å². The molecule has 1 aliphatic rings. The molecule has 1 atom stereocenters. The molecule has 0 aliphatic carbocycles. The Hall–Kier alpha value is -1.86. The van der Waals surface area contributed by atoms with Crippen molar-refractivity contribution in [3.05, 3.63) is 42.2 Å². The molecule has 0 bridgehead atoms. The summed E-state index contributed by atoms with van der Waals surface area (Å²) >= 11 is 1.42. The summed E-state index contributed by atoms with van der Waals surface area (Å²) in [5.74, 6) is 0.522. The zero-order valence-electron chi connectivity index (χ0n) is 13.8. The Morgan fingerprint density at radius 3 is 2.96 bits per heavy atom. The number of rotatable bonds is 6. The first kappa shape index (κ1) is 17.0. The molecule has 0 N–H and O–H groups in total. The van der Waals surface area contributed by atoms with Crippen LogP contribution >= 0.6 is 11.8 Å². The van der Waals surface area contributed by atoms with Gasteiger partial charge in [0.2, 0.25) is 5.91 Å². The predicted molar refractivity (Wildman–Crippen MR) is 92.6 cm³/mol. The maximum Gasteiger partial charge on any atom is 0.233 e. The number of aryl methyl sites for hydroxylation is 1. The number of benzene rings is 1. The van der Waals surface area contributed by atoms with Gasteiger partial charge in [-0.05, 0) is 18.4 Å². The molecule has 1 amide bonds. The van der Waals surface area contributed by atoms with Gasteiger partial charge in [0.15, 0.2) is 5.16 Å². The predicted octanol–water partition coefficient (Wildman–Crippen LogP) is 2.12. The molecule has 2 heterocycles. The van der Waals surface area contributed by atoms with E-state index in [2.05, 4.69) is 22.3 Å². The molecule has 1 aromatic carbocycles. The van der Waals surface area contributed by atoms with Gasteiger partial charge in [-0.15, -0.1) is 10.2 Å². The van der Waals surface area contributed by atoms with Gasteiger partial charge in [-0.25, -0.2) is 0 Å². The highest BCUT2D eigenvalue weighted by molar-refractivity contribution is 7.99. The first-order valence-electron chi connectivity index (χ1n) is 8.12. The molecule has 24 heavy (non-hydrogen) atoms. The quantitative estimate of drug-likeness (QED) is 0.750. The summed E-state index contributed by atoms with van der Waals surface area (Å²) in [6.45, 7) is 2.08. The van der Waals surface area contributed by atoms with Crippen LogP contribution in [0.3, 0.4) is 0 Å². The number of thioether (sulfide) groups is 1. The zero-order chi connectivity index (χ0) is 16.8. The van der Waals surface area contributed by atoms with E-state index in [9.17, 15) is 4.79 Å². The molecule has 0 radical (unpaired) electrons. The van der Waals surface area contributed by atoms with Crippen LogP contribution in [0.4, 0.5) is 0 Å². The van der Waals surface area contributed by atoms with Crippen molar-refractivity contribution in [3.63, 3.8) is 0 Å². The lowest BCUT2D eigenvalue weighted by Gasteiger charge is -2.32. The number of likely N-dealkylation sites (tertiary alicyclic amines) is 1. The Bertz CT molecular complexity index is 662. The Morgan fingerprint density at radius 1 is 1.38 bits per heavy atom. The Labute approximate surface area is 146 Å². The Morgan fingerprint density at radius 2 is 2.21 bits per heavy atom. The van der Waals surface area contributed by atoms with Crippen LogP contribution in [0.5, 0.6) is 0 Å². The fourth-order valence-corrected chi connectivity index (χ4v) is 3.50. The van der Waals surface area contributed by atoms with Crippen LogP contribution in [0.1, 0.15) is 18.4 Å². The molecule has 128 valence electrons. The third kappa shape index (κ3) is 4.58. The molecule has 3 rings (SSSR count). The average molecular weight is 346 g/mol. The molecule has 1 saturated heterocycles. The maximum absolute atomic E-state index is 12.4. The van der Waals surface area contributed by atoms with Crippen molar-refractivity contribution in [1.29, 1.82) is 0 Å². The second-order valence-electron chi connectivity index (χ2n) is 5.91. The van der Waals surface area contributed by atoms with E-state index in [0.29, 0.717) is 18.9 Å². The molecule has 1 unspecified atom stereocenters. The Kier molecular flexibility index (Phi) is 5.87. The van der Waals surface area contributed by atoms with Gasteiger partial charge >= 0.3 is 0 Å². The van der Waals surface area contributed by atoms with Crippen molar-refractivity contribution in [2.24, 2.45) is 7.05 Å². The third-order valence-electron chi connectivity index (χ3n) is 4.05. The standard InChI is InChI=1S/C17H22N4O2S/c1-20-13-18-19-17(20)24-12-16(22)21-9-5-8-15(10-21)23-11-14-6-3-2-4-7-14/h2-4,6-7,13,15H,5,8-12H2,1H3. The maximum atomic E-state index is 12.4. The molecule has 0 spiro atoms. The van der Waals surface area contributed by atoms with Gasteiger partial charge in [0.05, 0.1) is 18.5 Å². The average Bonchev–Trinajstić information content (AvgIpc) is 3.04. The lowest BCUT2D eigenvalue weighted by molar-refractivity contribution is -0.132. The lowest BCUT2D eigenvalue weighted by atomic mass is 10.1. The summed E-state index contributed by atoms with van der Waals surface area (Å²) in [7, 11) is 1.88. The van der Waals surface area contributed by atoms with E-state index < -0.39 is 0 Å². The monoisotopic (exact) mass is 346 g/mol. The van der Waals surface area contributed by atoms with Crippen LogP contribution in [0.25, 0.3) is 0 Å².